The summed E-state index contributed by atoms with van der Waals surface area (Å²) in [6, 6.07) is 10.5. The first-order chi connectivity index (χ1) is 7.22. The van der Waals surface area contributed by atoms with Crippen LogP contribution in [0.15, 0.2) is 36.5 Å². The number of benzene rings is 1. The van der Waals surface area contributed by atoms with Crippen molar-refractivity contribution in [3.63, 3.8) is 0 Å². The second-order valence-corrected chi connectivity index (χ2v) is 3.48. The minimum absolute atomic E-state index is 0.430. The standard InChI is InChI=1S/C11H7ClN2O/c12-10-3-1-8(2-4-10)11-9(7-13)5-6-14(11)15/h1-6,15H. The molecule has 3 nitrogen and oxygen atoms in total. The van der Waals surface area contributed by atoms with Crippen molar-refractivity contribution in [1.82, 2.24) is 4.73 Å². The third kappa shape index (κ3) is 1.67. The average Bonchev–Trinajstić information content (AvgIpc) is 2.61. The van der Waals surface area contributed by atoms with Crippen LogP contribution in [-0.4, -0.2) is 9.94 Å². The second-order valence-electron chi connectivity index (χ2n) is 3.04. The van der Waals surface area contributed by atoms with Crippen LogP contribution in [0.3, 0.4) is 0 Å². The molecule has 15 heavy (non-hydrogen) atoms. The van der Waals surface area contributed by atoms with Gasteiger partial charge in [0.05, 0.1) is 5.56 Å². The first-order valence-electron chi connectivity index (χ1n) is 4.29. The highest BCUT2D eigenvalue weighted by molar-refractivity contribution is 6.30. The van der Waals surface area contributed by atoms with Crippen LogP contribution < -0.4 is 0 Å². The van der Waals surface area contributed by atoms with E-state index in [0.29, 0.717) is 16.3 Å². The molecular formula is C11H7ClN2O. The van der Waals surface area contributed by atoms with Gasteiger partial charge in [0, 0.05) is 16.8 Å². The Labute approximate surface area is 91.7 Å². The highest BCUT2D eigenvalue weighted by atomic mass is 35.5. The van der Waals surface area contributed by atoms with E-state index in [0.717, 1.165) is 10.3 Å². The molecule has 0 unspecified atom stereocenters. The SMILES string of the molecule is N#Cc1ccn(O)c1-c1ccc(Cl)cc1. The molecule has 0 bridgehead atoms. The zero-order chi connectivity index (χ0) is 10.8. The number of nitrogens with zero attached hydrogens (tertiary/aromatic N) is 2. The van der Waals surface area contributed by atoms with E-state index in [1.807, 2.05) is 6.07 Å². The minimum atomic E-state index is 0.430. The molecule has 4 heteroatoms. The summed E-state index contributed by atoms with van der Waals surface area (Å²) in [5.41, 5.74) is 1.66. The average molecular weight is 219 g/mol. The Hall–Kier alpha value is -1.92. The zero-order valence-electron chi connectivity index (χ0n) is 7.68. The molecule has 0 atom stereocenters. The van der Waals surface area contributed by atoms with E-state index in [-0.39, 0.29) is 0 Å². The number of hydrogen-bond donors (Lipinski definition) is 1. The van der Waals surface area contributed by atoms with E-state index >= 15 is 0 Å². The van der Waals surface area contributed by atoms with Gasteiger partial charge in [0.1, 0.15) is 11.8 Å². The Morgan fingerprint density at radius 1 is 1.20 bits per heavy atom. The summed E-state index contributed by atoms with van der Waals surface area (Å²) in [4.78, 5) is 0. The maximum atomic E-state index is 9.52. The molecule has 0 saturated carbocycles. The molecule has 0 amide bonds. The van der Waals surface area contributed by atoms with Gasteiger partial charge in [-0.1, -0.05) is 23.7 Å². The van der Waals surface area contributed by atoms with Gasteiger partial charge in [-0.3, -0.25) is 0 Å². The molecule has 2 aromatic rings. The molecule has 0 aliphatic carbocycles. The van der Waals surface area contributed by atoms with Crippen molar-refractivity contribution >= 4 is 11.6 Å². The number of halogens is 1. The summed E-state index contributed by atoms with van der Waals surface area (Å²) in [5, 5.41) is 19.0. The van der Waals surface area contributed by atoms with Crippen molar-refractivity contribution in [2.75, 3.05) is 0 Å². The Bertz CT molecular complexity index is 523. The van der Waals surface area contributed by atoms with E-state index in [1.54, 1.807) is 30.3 Å². The fourth-order valence-corrected chi connectivity index (χ4v) is 1.53. The monoisotopic (exact) mass is 218 g/mol. The lowest BCUT2D eigenvalue weighted by Crippen LogP contribution is -1.92. The molecule has 1 heterocycles. The Morgan fingerprint density at radius 2 is 1.87 bits per heavy atom. The largest absolute Gasteiger partial charge is 0.428 e. The molecule has 0 fully saturated rings. The van der Waals surface area contributed by atoms with E-state index in [2.05, 4.69) is 0 Å². The Morgan fingerprint density at radius 3 is 2.47 bits per heavy atom. The molecule has 0 saturated heterocycles. The first-order valence-corrected chi connectivity index (χ1v) is 4.67. The second kappa shape index (κ2) is 3.68. The van der Waals surface area contributed by atoms with Gasteiger partial charge >= 0.3 is 0 Å². The molecule has 2 rings (SSSR count). The van der Waals surface area contributed by atoms with E-state index in [9.17, 15) is 5.21 Å². The third-order valence-corrected chi connectivity index (χ3v) is 2.36. The molecular weight excluding hydrogens is 212 g/mol. The predicted molar refractivity (Wildman–Crippen MR) is 56.8 cm³/mol. The summed E-state index contributed by atoms with van der Waals surface area (Å²) < 4.78 is 0.932. The van der Waals surface area contributed by atoms with E-state index in [1.165, 1.54) is 6.20 Å². The van der Waals surface area contributed by atoms with Gasteiger partial charge in [-0.2, -0.15) is 9.99 Å². The van der Waals surface area contributed by atoms with Gasteiger partial charge in [0.15, 0.2) is 0 Å². The number of aromatic nitrogens is 1. The summed E-state index contributed by atoms with van der Waals surface area (Å²) in [6.07, 6.45) is 1.43. The first kappa shape index (κ1) is 9.63. The van der Waals surface area contributed by atoms with Crippen LogP contribution in [0.4, 0.5) is 0 Å². The number of nitriles is 1. The molecule has 0 aliphatic rings. The van der Waals surface area contributed by atoms with Crippen LogP contribution in [0.2, 0.25) is 5.02 Å². The predicted octanol–water partition coefficient (Wildman–Crippen LogP) is 2.92. The Balaban J connectivity index is 2.59. The fraction of sp³-hybridized carbons (Fsp3) is 0. The van der Waals surface area contributed by atoms with Crippen molar-refractivity contribution in [1.29, 1.82) is 5.26 Å². The summed E-state index contributed by atoms with van der Waals surface area (Å²) in [7, 11) is 0. The lowest BCUT2D eigenvalue weighted by molar-refractivity contribution is 0.192. The van der Waals surface area contributed by atoms with Crippen molar-refractivity contribution in [3.8, 4) is 17.3 Å². The van der Waals surface area contributed by atoms with Crippen LogP contribution in [0.1, 0.15) is 5.56 Å². The smallest absolute Gasteiger partial charge is 0.104 e. The highest BCUT2D eigenvalue weighted by Crippen LogP contribution is 2.24. The van der Waals surface area contributed by atoms with Gasteiger partial charge in [-0.15, -0.1) is 0 Å². The number of hydrogen-bond acceptors (Lipinski definition) is 2. The molecule has 74 valence electrons. The summed E-state index contributed by atoms with van der Waals surface area (Å²) in [6.45, 7) is 0. The summed E-state index contributed by atoms with van der Waals surface area (Å²) >= 11 is 5.75. The van der Waals surface area contributed by atoms with E-state index in [4.69, 9.17) is 16.9 Å². The van der Waals surface area contributed by atoms with Crippen molar-refractivity contribution in [2.45, 2.75) is 0 Å². The summed E-state index contributed by atoms with van der Waals surface area (Å²) in [5.74, 6) is 0. The fourth-order valence-electron chi connectivity index (χ4n) is 1.41. The maximum absolute atomic E-state index is 9.52. The van der Waals surface area contributed by atoms with Gasteiger partial charge in [-0.25, -0.2) is 0 Å². The molecule has 1 N–H and O–H groups in total. The van der Waals surface area contributed by atoms with Gasteiger partial charge < -0.3 is 5.21 Å². The molecule has 0 radical (unpaired) electrons. The molecule has 0 aliphatic heterocycles. The lowest BCUT2D eigenvalue weighted by atomic mass is 10.1. The molecule has 1 aromatic carbocycles. The van der Waals surface area contributed by atoms with E-state index < -0.39 is 0 Å². The zero-order valence-corrected chi connectivity index (χ0v) is 8.44. The van der Waals surface area contributed by atoms with Crippen LogP contribution in [0, 0.1) is 11.3 Å². The van der Waals surface area contributed by atoms with Crippen LogP contribution in [-0.2, 0) is 0 Å². The maximum Gasteiger partial charge on any atom is 0.104 e. The molecule has 1 aromatic heterocycles. The van der Waals surface area contributed by atoms with Gasteiger partial charge in [-0.05, 0) is 18.2 Å². The van der Waals surface area contributed by atoms with Crippen LogP contribution in [0.25, 0.3) is 11.3 Å². The lowest BCUT2D eigenvalue weighted by Gasteiger charge is -2.02. The minimum Gasteiger partial charge on any atom is -0.428 e. The normalized spacial score (nSPS) is 9.87. The topological polar surface area (TPSA) is 49.0 Å². The van der Waals surface area contributed by atoms with Crippen molar-refractivity contribution < 1.29 is 5.21 Å². The Kier molecular flexibility index (Phi) is 2.36. The van der Waals surface area contributed by atoms with Crippen molar-refractivity contribution in [2.24, 2.45) is 0 Å². The van der Waals surface area contributed by atoms with Crippen LogP contribution >= 0.6 is 11.6 Å². The van der Waals surface area contributed by atoms with Crippen LogP contribution in [0.5, 0.6) is 0 Å². The highest BCUT2D eigenvalue weighted by Gasteiger charge is 2.10. The number of rotatable bonds is 1. The van der Waals surface area contributed by atoms with Gasteiger partial charge in [0.2, 0.25) is 0 Å². The third-order valence-electron chi connectivity index (χ3n) is 2.10. The van der Waals surface area contributed by atoms with Gasteiger partial charge in [0.25, 0.3) is 0 Å². The molecule has 0 spiro atoms. The quantitative estimate of drug-likeness (QED) is 0.749. The van der Waals surface area contributed by atoms with Crippen molar-refractivity contribution in [3.05, 3.63) is 47.1 Å².